The summed E-state index contributed by atoms with van der Waals surface area (Å²) in [7, 11) is 0. The summed E-state index contributed by atoms with van der Waals surface area (Å²) in [6, 6.07) is 7.53. The average molecular weight is 507 g/mol. The molecule has 1 rings (SSSR count). The van der Waals surface area contributed by atoms with Gasteiger partial charge in [0.2, 0.25) is 0 Å². The van der Waals surface area contributed by atoms with Crippen molar-refractivity contribution in [2.24, 2.45) is 0 Å². The van der Waals surface area contributed by atoms with Crippen LogP contribution >= 0.6 is 0 Å². The van der Waals surface area contributed by atoms with Crippen LogP contribution in [-0.2, 0) is 30.1 Å². The van der Waals surface area contributed by atoms with E-state index in [4.69, 9.17) is 14.2 Å². The number of hydrogen-bond acceptors (Lipinski definition) is 7. The molecule has 0 heterocycles. The lowest BCUT2D eigenvalue weighted by atomic mass is 9.87. The Kier molecular flexibility index (Phi) is 12.5. The lowest BCUT2D eigenvalue weighted by Gasteiger charge is -2.30. The Balaban J connectivity index is 2.62. The summed E-state index contributed by atoms with van der Waals surface area (Å²) in [6.45, 7) is 14.4. The first kappa shape index (κ1) is 31.0. The van der Waals surface area contributed by atoms with Crippen molar-refractivity contribution in [1.82, 2.24) is 10.6 Å². The topological polar surface area (TPSA) is 123 Å². The van der Waals surface area contributed by atoms with Crippen molar-refractivity contribution in [3.8, 4) is 0 Å². The van der Waals surface area contributed by atoms with Crippen molar-refractivity contribution in [2.75, 3.05) is 19.8 Å². The molecule has 1 aromatic carbocycles. The van der Waals surface area contributed by atoms with E-state index < -0.39 is 29.2 Å². The molecule has 9 nitrogen and oxygen atoms in total. The Bertz CT molecular complexity index is 894. The largest absolute Gasteiger partial charge is 0.459 e. The van der Waals surface area contributed by atoms with E-state index in [-0.39, 0.29) is 24.9 Å². The van der Waals surface area contributed by atoms with Crippen molar-refractivity contribution >= 4 is 18.2 Å². The second-order valence-electron chi connectivity index (χ2n) is 9.97. The van der Waals surface area contributed by atoms with Gasteiger partial charge in [0.25, 0.3) is 0 Å². The maximum absolute atomic E-state index is 12.3. The number of carbonyl (C=O) groups excluding carboxylic acids is 3. The number of nitrogens with one attached hydrogen (secondary N) is 2. The van der Waals surface area contributed by atoms with Gasteiger partial charge in [-0.3, -0.25) is 0 Å². The van der Waals surface area contributed by atoms with Crippen LogP contribution in [0.4, 0.5) is 9.59 Å². The molecule has 36 heavy (non-hydrogen) atoms. The molecule has 0 aliphatic rings. The van der Waals surface area contributed by atoms with Gasteiger partial charge in [0, 0.05) is 5.57 Å². The van der Waals surface area contributed by atoms with Crippen LogP contribution in [0.3, 0.4) is 0 Å². The fraction of sp³-hybridized carbons (Fsp3) is 0.593. The first-order chi connectivity index (χ1) is 16.7. The molecule has 0 aliphatic heterocycles. The molecule has 9 heteroatoms. The van der Waals surface area contributed by atoms with Gasteiger partial charge in [0.1, 0.15) is 13.2 Å². The average Bonchev–Trinajstić information content (AvgIpc) is 2.78. The Hall–Kier alpha value is -3.07. The van der Waals surface area contributed by atoms with E-state index >= 15 is 0 Å². The van der Waals surface area contributed by atoms with Gasteiger partial charge >= 0.3 is 18.2 Å². The molecular formula is C27H42N2O7. The number of unbranched alkanes of at least 4 members (excludes halogenated alkanes) is 2. The fourth-order valence-electron chi connectivity index (χ4n) is 3.30. The molecule has 0 saturated heterocycles. The third kappa shape index (κ3) is 11.6. The lowest BCUT2D eigenvalue weighted by Crippen LogP contribution is -2.43. The molecule has 0 aliphatic carbocycles. The summed E-state index contributed by atoms with van der Waals surface area (Å²) in [6.07, 6.45) is 1.79. The third-order valence-corrected chi connectivity index (χ3v) is 5.53. The van der Waals surface area contributed by atoms with Crippen molar-refractivity contribution < 1.29 is 33.7 Å². The molecule has 0 aromatic heterocycles. The quantitative estimate of drug-likeness (QED) is 0.145. The first-order valence-corrected chi connectivity index (χ1v) is 12.3. The van der Waals surface area contributed by atoms with Crippen LogP contribution in [-0.4, -0.2) is 49.2 Å². The Labute approximate surface area is 214 Å². The molecule has 0 fully saturated rings. The van der Waals surface area contributed by atoms with E-state index in [0.717, 1.165) is 36.8 Å². The molecule has 0 radical (unpaired) electrons. The Morgan fingerprint density at radius 1 is 0.889 bits per heavy atom. The SMILES string of the molecule is C=C(C)C(=O)OCCOC(=O)NC(C)(C)c1cccc(C(C)(C)NC(=O)OCCCCCC(C)O)c1. The number of esters is 1. The van der Waals surface area contributed by atoms with Crippen LogP contribution in [0, 0.1) is 0 Å². The molecule has 1 aromatic rings. The van der Waals surface area contributed by atoms with Gasteiger partial charge in [-0.2, -0.15) is 0 Å². The number of aliphatic hydroxyl groups is 1. The molecule has 202 valence electrons. The van der Waals surface area contributed by atoms with Crippen molar-refractivity contribution in [3.63, 3.8) is 0 Å². The number of hydrogen-bond donors (Lipinski definition) is 3. The highest BCUT2D eigenvalue weighted by molar-refractivity contribution is 5.86. The molecule has 0 saturated carbocycles. The van der Waals surface area contributed by atoms with Crippen LogP contribution < -0.4 is 10.6 Å². The lowest BCUT2D eigenvalue weighted by molar-refractivity contribution is -0.139. The van der Waals surface area contributed by atoms with Gasteiger partial charge in [-0.1, -0.05) is 37.3 Å². The number of ether oxygens (including phenoxy) is 3. The van der Waals surface area contributed by atoms with Crippen LogP contribution in [0.5, 0.6) is 0 Å². The Morgan fingerprint density at radius 3 is 1.89 bits per heavy atom. The standard InChI is InChI=1S/C27H42N2O7/c1-19(2)23(31)34-16-17-36-25(33)29-27(6,7)22-14-11-13-21(18-22)26(4,5)28-24(32)35-15-10-8-9-12-20(3)30/h11,13-14,18,20,30H,1,8-10,12,15-17H2,2-7H3,(H,28,32)(H,29,33). The van der Waals surface area contributed by atoms with E-state index in [1.54, 1.807) is 6.92 Å². The van der Waals surface area contributed by atoms with E-state index in [0.29, 0.717) is 6.61 Å². The number of benzene rings is 1. The van der Waals surface area contributed by atoms with Gasteiger partial charge in [-0.15, -0.1) is 0 Å². The summed E-state index contributed by atoms with van der Waals surface area (Å²) >= 11 is 0. The minimum absolute atomic E-state index is 0.0626. The fourth-order valence-corrected chi connectivity index (χ4v) is 3.30. The van der Waals surface area contributed by atoms with E-state index in [2.05, 4.69) is 17.2 Å². The number of alkyl carbamates (subject to hydrolysis) is 2. The minimum Gasteiger partial charge on any atom is -0.459 e. The third-order valence-electron chi connectivity index (χ3n) is 5.53. The van der Waals surface area contributed by atoms with Crippen LogP contribution in [0.2, 0.25) is 0 Å². The Morgan fingerprint density at radius 2 is 1.39 bits per heavy atom. The second-order valence-corrected chi connectivity index (χ2v) is 9.97. The predicted molar refractivity (Wildman–Crippen MR) is 137 cm³/mol. The van der Waals surface area contributed by atoms with E-state index in [1.807, 2.05) is 52.0 Å². The maximum atomic E-state index is 12.3. The van der Waals surface area contributed by atoms with Gasteiger partial charge < -0.3 is 30.0 Å². The normalized spacial score (nSPS) is 12.3. The number of aliphatic hydroxyl groups excluding tert-OH is 1. The molecule has 1 unspecified atom stereocenters. The van der Waals surface area contributed by atoms with Gasteiger partial charge in [0.05, 0.1) is 23.8 Å². The van der Waals surface area contributed by atoms with Crippen LogP contribution in [0.25, 0.3) is 0 Å². The zero-order valence-corrected chi connectivity index (χ0v) is 22.4. The summed E-state index contributed by atoms with van der Waals surface area (Å²) in [4.78, 5) is 36.0. The van der Waals surface area contributed by atoms with Gasteiger partial charge in [-0.25, -0.2) is 14.4 Å². The van der Waals surface area contributed by atoms with E-state index in [1.165, 1.54) is 6.92 Å². The van der Waals surface area contributed by atoms with Crippen LogP contribution in [0.1, 0.15) is 78.4 Å². The monoisotopic (exact) mass is 506 g/mol. The number of rotatable bonds is 14. The number of carbonyl (C=O) groups is 3. The molecule has 0 bridgehead atoms. The molecule has 1 atom stereocenters. The van der Waals surface area contributed by atoms with Crippen LogP contribution in [0.15, 0.2) is 36.4 Å². The van der Waals surface area contributed by atoms with Crippen molar-refractivity contribution in [1.29, 1.82) is 0 Å². The molecule has 3 N–H and O–H groups in total. The highest BCUT2D eigenvalue weighted by Gasteiger charge is 2.28. The first-order valence-electron chi connectivity index (χ1n) is 12.3. The molecular weight excluding hydrogens is 464 g/mol. The smallest absolute Gasteiger partial charge is 0.407 e. The summed E-state index contributed by atoms with van der Waals surface area (Å²) in [5.41, 5.74) is 0.429. The molecule has 2 amide bonds. The van der Waals surface area contributed by atoms with Gasteiger partial charge in [0.15, 0.2) is 0 Å². The zero-order chi connectivity index (χ0) is 27.4. The zero-order valence-electron chi connectivity index (χ0n) is 22.4. The van der Waals surface area contributed by atoms with E-state index in [9.17, 15) is 19.5 Å². The maximum Gasteiger partial charge on any atom is 0.407 e. The number of amides is 2. The predicted octanol–water partition coefficient (Wildman–Crippen LogP) is 4.67. The van der Waals surface area contributed by atoms with Crippen molar-refractivity contribution in [3.05, 3.63) is 47.5 Å². The highest BCUT2D eigenvalue weighted by Crippen LogP contribution is 2.27. The molecule has 0 spiro atoms. The summed E-state index contributed by atoms with van der Waals surface area (Å²) in [5.74, 6) is -0.538. The summed E-state index contributed by atoms with van der Waals surface area (Å²) in [5, 5.41) is 15.0. The highest BCUT2D eigenvalue weighted by atomic mass is 16.6. The second kappa shape index (κ2) is 14.5. The minimum atomic E-state index is -0.774. The summed E-state index contributed by atoms with van der Waals surface area (Å²) < 4.78 is 15.3. The van der Waals surface area contributed by atoms with Gasteiger partial charge in [-0.05, 0) is 71.9 Å². The van der Waals surface area contributed by atoms with Crippen molar-refractivity contribution in [2.45, 2.75) is 84.4 Å².